The first kappa shape index (κ1) is 17.9. The summed E-state index contributed by atoms with van der Waals surface area (Å²) < 4.78 is 2.11. The van der Waals surface area contributed by atoms with E-state index in [1.807, 2.05) is 11.1 Å². The van der Waals surface area contributed by atoms with E-state index in [1.54, 1.807) is 13.1 Å². The molecule has 0 bridgehead atoms. The van der Waals surface area contributed by atoms with Crippen LogP contribution in [-0.4, -0.2) is 62.0 Å². The van der Waals surface area contributed by atoms with E-state index >= 15 is 0 Å². The average Bonchev–Trinajstić information content (AvgIpc) is 3.14. The van der Waals surface area contributed by atoms with Crippen LogP contribution in [0.1, 0.15) is 45.4 Å². The number of aryl methyl sites for hydroxylation is 1. The van der Waals surface area contributed by atoms with Gasteiger partial charge in [-0.15, -0.1) is 0 Å². The molecule has 1 spiro atoms. The summed E-state index contributed by atoms with van der Waals surface area (Å²) in [6, 6.07) is -0.462. The predicted molar refractivity (Wildman–Crippen MR) is 92.9 cm³/mol. The number of likely N-dealkylation sites (tertiary alicyclic amines) is 2. The van der Waals surface area contributed by atoms with Crippen molar-refractivity contribution in [2.45, 2.75) is 58.7 Å². The molecule has 1 aromatic heterocycles. The molecule has 0 radical (unpaired) electrons. The second kappa shape index (κ2) is 7.15. The van der Waals surface area contributed by atoms with E-state index in [2.05, 4.69) is 21.4 Å². The van der Waals surface area contributed by atoms with Gasteiger partial charge in [0.15, 0.2) is 0 Å². The first-order valence-corrected chi connectivity index (χ1v) is 9.16. The zero-order valence-corrected chi connectivity index (χ0v) is 15.1. The number of aromatic nitrogens is 2. The van der Waals surface area contributed by atoms with Gasteiger partial charge >= 0.3 is 5.97 Å². The zero-order chi connectivity index (χ0) is 18.0. The van der Waals surface area contributed by atoms with Crippen molar-refractivity contribution in [2.24, 2.45) is 5.41 Å². The van der Waals surface area contributed by atoms with Crippen molar-refractivity contribution < 1.29 is 14.7 Å². The molecule has 1 N–H and O–H groups in total. The second-order valence-corrected chi connectivity index (χ2v) is 7.51. The van der Waals surface area contributed by atoms with Gasteiger partial charge in [0.2, 0.25) is 5.91 Å². The van der Waals surface area contributed by atoms with Crippen LogP contribution < -0.4 is 0 Å². The number of aliphatic carboxylic acids is 1. The summed E-state index contributed by atoms with van der Waals surface area (Å²) in [5.41, 5.74) is 0.0111. The van der Waals surface area contributed by atoms with Gasteiger partial charge in [0.1, 0.15) is 11.9 Å². The van der Waals surface area contributed by atoms with E-state index < -0.39 is 12.0 Å². The Labute approximate surface area is 148 Å². The monoisotopic (exact) mass is 348 g/mol. The lowest BCUT2D eigenvalue weighted by atomic mass is 9.76. The van der Waals surface area contributed by atoms with Crippen molar-refractivity contribution in [3.63, 3.8) is 0 Å². The van der Waals surface area contributed by atoms with Crippen molar-refractivity contribution in [1.82, 2.24) is 19.4 Å². The molecule has 138 valence electrons. The molecule has 0 aromatic carbocycles. The third-order valence-electron chi connectivity index (χ3n) is 5.77. The third kappa shape index (κ3) is 3.71. The number of imidazole rings is 1. The van der Waals surface area contributed by atoms with Crippen LogP contribution in [0.5, 0.6) is 0 Å². The van der Waals surface area contributed by atoms with Crippen molar-refractivity contribution in [3.8, 4) is 0 Å². The van der Waals surface area contributed by atoms with Crippen molar-refractivity contribution in [2.75, 3.05) is 19.6 Å². The first-order valence-electron chi connectivity index (χ1n) is 9.16. The highest BCUT2D eigenvalue weighted by molar-refractivity contribution is 5.74. The molecule has 3 rings (SSSR count). The Morgan fingerprint density at radius 3 is 2.68 bits per heavy atom. The van der Waals surface area contributed by atoms with Gasteiger partial charge < -0.3 is 14.6 Å². The molecule has 2 aliphatic rings. The standard InChI is InChI=1S/C18H28N4O3/c1-3-7-21-10-6-19-16(21)12-22-13-18(11-15(22)17(24)25)4-8-20(9-5-18)14(2)23/h6,10,15H,3-5,7-9,11-13H2,1-2H3,(H,24,25)/t15-/m1/s1. The number of nitrogens with zero attached hydrogens (tertiary/aromatic N) is 4. The lowest BCUT2D eigenvalue weighted by Crippen LogP contribution is -2.43. The molecular weight excluding hydrogens is 320 g/mol. The van der Waals surface area contributed by atoms with E-state index in [4.69, 9.17) is 0 Å². The lowest BCUT2D eigenvalue weighted by Gasteiger charge is -2.39. The van der Waals surface area contributed by atoms with E-state index in [-0.39, 0.29) is 11.3 Å². The fourth-order valence-corrected chi connectivity index (χ4v) is 4.33. The van der Waals surface area contributed by atoms with Gasteiger partial charge in [-0.1, -0.05) is 6.92 Å². The Bertz CT molecular complexity index is 634. The molecule has 2 saturated heterocycles. The molecule has 7 heteroatoms. The van der Waals surface area contributed by atoms with Gasteiger partial charge in [-0.2, -0.15) is 0 Å². The van der Waals surface area contributed by atoms with Gasteiger partial charge in [-0.3, -0.25) is 14.5 Å². The zero-order valence-electron chi connectivity index (χ0n) is 15.1. The molecule has 1 amide bonds. The maximum atomic E-state index is 11.8. The van der Waals surface area contributed by atoms with Gasteiger partial charge in [-0.05, 0) is 31.1 Å². The van der Waals surface area contributed by atoms with Gasteiger partial charge in [0, 0.05) is 45.5 Å². The number of carboxylic acid groups (broad SMARTS) is 1. The molecule has 2 fully saturated rings. The van der Waals surface area contributed by atoms with E-state index in [0.717, 1.165) is 51.3 Å². The molecule has 0 saturated carbocycles. The lowest BCUT2D eigenvalue weighted by molar-refractivity contribution is -0.142. The SMILES string of the molecule is CCCn1ccnc1CN1CC2(CCN(C(C)=O)CC2)C[C@@H]1C(=O)O. The number of piperidine rings is 1. The van der Waals surface area contributed by atoms with Crippen LogP contribution in [0.2, 0.25) is 0 Å². The Morgan fingerprint density at radius 1 is 1.36 bits per heavy atom. The summed E-state index contributed by atoms with van der Waals surface area (Å²) in [6.45, 7) is 7.44. The number of rotatable bonds is 5. The smallest absolute Gasteiger partial charge is 0.320 e. The molecule has 1 atom stereocenters. The molecule has 0 aliphatic carbocycles. The van der Waals surface area contributed by atoms with E-state index in [1.165, 1.54) is 0 Å². The Balaban J connectivity index is 1.72. The van der Waals surface area contributed by atoms with E-state index in [9.17, 15) is 14.7 Å². The van der Waals surface area contributed by atoms with Crippen LogP contribution in [0, 0.1) is 5.41 Å². The molecule has 2 aliphatic heterocycles. The maximum Gasteiger partial charge on any atom is 0.320 e. The quantitative estimate of drug-likeness (QED) is 0.874. The summed E-state index contributed by atoms with van der Waals surface area (Å²) in [5.74, 6) is 0.298. The Hall–Kier alpha value is -1.89. The highest BCUT2D eigenvalue weighted by atomic mass is 16.4. The molecule has 3 heterocycles. The number of hydrogen-bond acceptors (Lipinski definition) is 4. The summed E-state index contributed by atoms with van der Waals surface area (Å²) in [5, 5.41) is 9.71. The summed E-state index contributed by atoms with van der Waals surface area (Å²) in [6.07, 6.45) is 7.22. The van der Waals surface area contributed by atoms with Crippen molar-refractivity contribution >= 4 is 11.9 Å². The van der Waals surface area contributed by atoms with Crippen molar-refractivity contribution in [1.29, 1.82) is 0 Å². The van der Waals surface area contributed by atoms with Crippen LogP contribution in [0.15, 0.2) is 12.4 Å². The van der Waals surface area contributed by atoms with Crippen LogP contribution >= 0.6 is 0 Å². The predicted octanol–water partition coefficient (Wildman–Crippen LogP) is 1.58. The van der Waals surface area contributed by atoms with Crippen LogP contribution in [0.4, 0.5) is 0 Å². The fourth-order valence-electron chi connectivity index (χ4n) is 4.33. The minimum absolute atomic E-state index is 0.0111. The minimum Gasteiger partial charge on any atom is -0.480 e. The number of carboxylic acids is 1. The van der Waals surface area contributed by atoms with Gasteiger partial charge in [0.25, 0.3) is 0 Å². The molecular formula is C18H28N4O3. The number of hydrogen-bond donors (Lipinski definition) is 1. The Morgan fingerprint density at radius 2 is 2.08 bits per heavy atom. The molecule has 0 unspecified atom stereocenters. The van der Waals surface area contributed by atoms with Crippen molar-refractivity contribution in [3.05, 3.63) is 18.2 Å². The Kier molecular flexibility index (Phi) is 5.13. The molecule has 25 heavy (non-hydrogen) atoms. The topological polar surface area (TPSA) is 78.7 Å². The van der Waals surface area contributed by atoms with Crippen LogP contribution in [0.25, 0.3) is 0 Å². The van der Waals surface area contributed by atoms with E-state index in [0.29, 0.717) is 13.0 Å². The van der Waals surface area contributed by atoms with Crippen LogP contribution in [0.3, 0.4) is 0 Å². The highest BCUT2D eigenvalue weighted by Gasteiger charge is 2.48. The third-order valence-corrected chi connectivity index (χ3v) is 5.77. The first-order chi connectivity index (χ1) is 11.9. The second-order valence-electron chi connectivity index (χ2n) is 7.51. The van der Waals surface area contributed by atoms with Crippen LogP contribution in [-0.2, 0) is 22.7 Å². The number of carbonyl (C=O) groups excluding carboxylic acids is 1. The maximum absolute atomic E-state index is 11.8. The largest absolute Gasteiger partial charge is 0.480 e. The number of amides is 1. The minimum atomic E-state index is -0.750. The summed E-state index contributed by atoms with van der Waals surface area (Å²) in [4.78, 5) is 31.8. The molecule has 7 nitrogen and oxygen atoms in total. The average molecular weight is 348 g/mol. The van der Waals surface area contributed by atoms with Gasteiger partial charge in [-0.25, -0.2) is 4.98 Å². The normalized spacial score (nSPS) is 23.3. The summed E-state index contributed by atoms with van der Waals surface area (Å²) >= 11 is 0. The van der Waals surface area contributed by atoms with Gasteiger partial charge in [0.05, 0.1) is 6.54 Å². The molecule has 1 aromatic rings. The highest BCUT2D eigenvalue weighted by Crippen LogP contribution is 2.43. The summed E-state index contributed by atoms with van der Waals surface area (Å²) in [7, 11) is 0. The fraction of sp³-hybridized carbons (Fsp3) is 0.722. The number of carbonyl (C=O) groups is 2.